The molecular weight excluding hydrogens is 522 g/mol. The number of carbonyl (C=O) groups excluding carboxylic acids is 3. The molecule has 0 aromatic rings. The molecule has 0 heterocycles. The predicted molar refractivity (Wildman–Crippen MR) is 170 cm³/mol. The number of carbonyl (C=O) groups is 3. The van der Waals surface area contributed by atoms with E-state index in [9.17, 15) is 14.4 Å². The summed E-state index contributed by atoms with van der Waals surface area (Å²) in [5.74, 6) is -0.380. The quantitative estimate of drug-likeness (QED) is 0.0544. The molecular formula is C33H61NO5S. The Morgan fingerprint density at radius 2 is 1.15 bits per heavy atom. The summed E-state index contributed by atoms with van der Waals surface area (Å²) >= 11 is 1.09. The highest BCUT2D eigenvalue weighted by molar-refractivity contribution is 8.13. The lowest BCUT2D eigenvalue weighted by Crippen LogP contribution is -2.39. The summed E-state index contributed by atoms with van der Waals surface area (Å²) in [4.78, 5) is 39.3. The highest BCUT2D eigenvalue weighted by Gasteiger charge is 2.23. The van der Waals surface area contributed by atoms with E-state index in [4.69, 9.17) is 9.47 Å². The largest absolute Gasteiger partial charge is 0.461 e. The van der Waals surface area contributed by atoms with Gasteiger partial charge in [0.15, 0.2) is 0 Å². The molecule has 0 atom stereocenters. The van der Waals surface area contributed by atoms with Crippen LogP contribution < -0.4 is 0 Å². The van der Waals surface area contributed by atoms with Crippen LogP contribution in [-0.2, 0) is 19.1 Å². The number of nitrogens with zero attached hydrogens (tertiary/aromatic N) is 1. The van der Waals surface area contributed by atoms with Crippen LogP contribution in [-0.4, -0.2) is 53.6 Å². The number of allylic oxidation sites excluding steroid dienone is 1. The smallest absolute Gasteiger partial charge is 0.326 e. The third-order valence-electron chi connectivity index (χ3n) is 6.95. The number of hydrogen-bond donors (Lipinski definition) is 0. The van der Waals surface area contributed by atoms with E-state index in [-0.39, 0.29) is 31.0 Å². The molecule has 0 aromatic carbocycles. The van der Waals surface area contributed by atoms with Gasteiger partial charge in [-0.15, -0.1) is 0 Å². The molecule has 0 aliphatic carbocycles. The van der Waals surface area contributed by atoms with E-state index >= 15 is 0 Å². The van der Waals surface area contributed by atoms with Gasteiger partial charge in [0.1, 0.15) is 25.8 Å². The maximum Gasteiger partial charge on any atom is 0.326 e. The molecule has 0 aliphatic rings. The first-order chi connectivity index (χ1) is 19.5. The van der Waals surface area contributed by atoms with E-state index < -0.39 is 11.9 Å². The Balaban J connectivity index is 4.80. The average Bonchev–Trinajstić information content (AvgIpc) is 2.93. The maximum absolute atomic E-state index is 12.9. The van der Waals surface area contributed by atoms with Crippen molar-refractivity contribution in [2.45, 2.75) is 156 Å². The van der Waals surface area contributed by atoms with Crippen molar-refractivity contribution in [3.63, 3.8) is 0 Å². The van der Waals surface area contributed by atoms with Crippen LogP contribution in [0.5, 0.6) is 0 Å². The van der Waals surface area contributed by atoms with Gasteiger partial charge in [0.2, 0.25) is 0 Å². The molecule has 0 bridgehead atoms. The number of ether oxygens (including phenoxy) is 2. The molecule has 6 nitrogen and oxygen atoms in total. The van der Waals surface area contributed by atoms with Crippen LogP contribution in [0.15, 0.2) is 12.2 Å². The van der Waals surface area contributed by atoms with Crippen LogP contribution in [0.2, 0.25) is 0 Å². The lowest BCUT2D eigenvalue weighted by molar-refractivity contribution is -0.151. The van der Waals surface area contributed by atoms with E-state index in [1.54, 1.807) is 0 Å². The second kappa shape index (κ2) is 29.0. The maximum atomic E-state index is 12.9. The van der Waals surface area contributed by atoms with Crippen LogP contribution in [0, 0.1) is 0 Å². The van der Waals surface area contributed by atoms with Crippen molar-refractivity contribution in [3.05, 3.63) is 12.2 Å². The Morgan fingerprint density at radius 3 is 1.70 bits per heavy atom. The van der Waals surface area contributed by atoms with Crippen LogP contribution >= 0.6 is 11.8 Å². The fourth-order valence-electron chi connectivity index (χ4n) is 4.56. The molecule has 0 fully saturated rings. The number of hydrogen-bond acceptors (Lipinski definition) is 6. The molecule has 0 saturated heterocycles. The van der Waals surface area contributed by atoms with Crippen LogP contribution in [0.25, 0.3) is 0 Å². The highest BCUT2D eigenvalue weighted by Crippen LogP contribution is 2.18. The van der Waals surface area contributed by atoms with E-state index in [0.717, 1.165) is 63.1 Å². The van der Waals surface area contributed by atoms with Crippen LogP contribution in [0.3, 0.4) is 0 Å². The Bertz CT molecular complexity index is 639. The van der Waals surface area contributed by atoms with Gasteiger partial charge >= 0.3 is 11.9 Å². The molecule has 40 heavy (non-hydrogen) atoms. The normalized spacial score (nSPS) is 11.3. The van der Waals surface area contributed by atoms with Crippen molar-refractivity contribution in [1.29, 1.82) is 0 Å². The average molecular weight is 584 g/mol. The van der Waals surface area contributed by atoms with Gasteiger partial charge < -0.3 is 14.4 Å². The molecule has 0 rings (SSSR count). The lowest BCUT2D eigenvalue weighted by atomic mass is 10.0. The minimum absolute atomic E-state index is 0.130. The van der Waals surface area contributed by atoms with E-state index in [1.165, 1.54) is 75.5 Å². The Hall–Kier alpha value is -1.50. The summed E-state index contributed by atoms with van der Waals surface area (Å²) in [6.07, 6.45) is 25.6. The second-order valence-corrected chi connectivity index (χ2v) is 12.0. The number of unbranched alkanes of at least 4 members (excludes halogenated alkanes) is 14. The van der Waals surface area contributed by atoms with Crippen molar-refractivity contribution in [1.82, 2.24) is 4.90 Å². The minimum atomic E-state index is -0.510. The van der Waals surface area contributed by atoms with Gasteiger partial charge in [-0.2, -0.15) is 0 Å². The van der Waals surface area contributed by atoms with Crippen molar-refractivity contribution in [2.75, 3.05) is 25.4 Å². The van der Waals surface area contributed by atoms with E-state index in [2.05, 4.69) is 20.8 Å². The summed E-state index contributed by atoms with van der Waals surface area (Å²) in [6, 6.07) is 0. The number of thioether (sulfide) groups is 1. The minimum Gasteiger partial charge on any atom is -0.461 e. The highest BCUT2D eigenvalue weighted by atomic mass is 32.2. The Kier molecular flexibility index (Phi) is 27.9. The number of amides is 1. The summed E-state index contributed by atoms with van der Waals surface area (Å²) in [5.41, 5.74) is 0. The third kappa shape index (κ3) is 24.3. The third-order valence-corrected chi connectivity index (χ3v) is 7.75. The van der Waals surface area contributed by atoms with Crippen LogP contribution in [0.4, 0.5) is 4.79 Å². The van der Waals surface area contributed by atoms with Gasteiger partial charge in [-0.3, -0.25) is 14.4 Å². The Morgan fingerprint density at radius 1 is 0.650 bits per heavy atom. The zero-order valence-corrected chi connectivity index (χ0v) is 27.2. The Labute approximate surface area is 250 Å². The second-order valence-electron chi connectivity index (χ2n) is 10.8. The van der Waals surface area contributed by atoms with Gasteiger partial charge in [0.05, 0.1) is 0 Å². The zero-order chi connectivity index (χ0) is 29.7. The van der Waals surface area contributed by atoms with E-state index in [1.807, 2.05) is 19.1 Å². The number of esters is 2. The monoisotopic (exact) mass is 583 g/mol. The topological polar surface area (TPSA) is 72.9 Å². The SMILES string of the molecule is CCCCCC/C=C\COC(=O)CN(CC(=O)OC(CCCCCCCC)CCCCCCCC)C(=O)SCC. The fourth-order valence-corrected chi connectivity index (χ4v) is 5.12. The first-order valence-corrected chi connectivity index (χ1v) is 17.4. The van der Waals surface area contributed by atoms with Gasteiger partial charge in [-0.05, 0) is 44.3 Å². The number of rotatable bonds is 27. The van der Waals surface area contributed by atoms with Gasteiger partial charge in [0, 0.05) is 0 Å². The zero-order valence-electron chi connectivity index (χ0n) is 26.4. The van der Waals surface area contributed by atoms with Crippen molar-refractivity contribution in [2.24, 2.45) is 0 Å². The van der Waals surface area contributed by atoms with Crippen molar-refractivity contribution >= 4 is 28.9 Å². The molecule has 0 saturated carbocycles. The first-order valence-electron chi connectivity index (χ1n) is 16.4. The summed E-state index contributed by atoms with van der Waals surface area (Å²) in [6.45, 7) is 8.21. The van der Waals surface area contributed by atoms with Gasteiger partial charge in [0.25, 0.3) is 5.24 Å². The molecule has 0 spiro atoms. The molecule has 0 aromatic heterocycles. The van der Waals surface area contributed by atoms with Crippen molar-refractivity contribution < 1.29 is 23.9 Å². The molecule has 7 heteroatoms. The molecule has 0 N–H and O–H groups in total. The first kappa shape index (κ1) is 38.5. The molecule has 234 valence electrons. The fraction of sp³-hybridized carbons (Fsp3) is 0.848. The summed E-state index contributed by atoms with van der Waals surface area (Å²) in [7, 11) is 0. The molecule has 1 amide bonds. The summed E-state index contributed by atoms with van der Waals surface area (Å²) < 4.78 is 11.2. The standard InChI is InChI=1S/C33H61NO5S/c1-5-9-12-15-18-21-24-27-38-31(35)28-34(33(37)40-8-4)29-32(36)39-30(25-22-19-16-13-10-6-2)26-23-20-17-14-11-7-3/h21,24,30H,5-20,22-23,25-29H2,1-4H3/b24-21-. The van der Waals surface area contributed by atoms with E-state index in [0.29, 0.717) is 5.75 Å². The molecule has 0 aliphatic heterocycles. The molecule has 0 unspecified atom stereocenters. The van der Waals surface area contributed by atoms with Gasteiger partial charge in [-0.1, -0.05) is 135 Å². The summed E-state index contributed by atoms with van der Waals surface area (Å²) in [5, 5.41) is -0.300. The predicted octanol–water partition coefficient (Wildman–Crippen LogP) is 9.64. The van der Waals surface area contributed by atoms with Crippen LogP contribution in [0.1, 0.15) is 150 Å². The van der Waals surface area contributed by atoms with Crippen molar-refractivity contribution in [3.8, 4) is 0 Å². The lowest BCUT2D eigenvalue weighted by Gasteiger charge is -2.23. The molecule has 0 radical (unpaired) electrons. The van der Waals surface area contributed by atoms with Gasteiger partial charge in [-0.25, -0.2) is 0 Å².